The van der Waals surface area contributed by atoms with E-state index in [0.29, 0.717) is 140 Å². The van der Waals surface area contributed by atoms with Crippen LogP contribution in [0.25, 0.3) is 44.5 Å². The molecule has 64 heavy (non-hydrogen) atoms. The van der Waals surface area contributed by atoms with Crippen molar-refractivity contribution in [2.24, 2.45) is 11.8 Å². The smallest absolute Gasteiger partial charge is 0.407 e. The lowest BCUT2D eigenvalue weighted by Gasteiger charge is -2.34. The number of hydrogen-bond donors (Lipinski definition) is 5. The van der Waals surface area contributed by atoms with Crippen LogP contribution >= 0.6 is 11.6 Å². The maximum atomic E-state index is 14.0. The molecule has 3 aliphatic rings. The van der Waals surface area contributed by atoms with Crippen LogP contribution in [0.2, 0.25) is 5.02 Å². The Morgan fingerprint density at radius 1 is 0.828 bits per heavy atom. The molecular weight excluding hydrogens is 848 g/mol. The molecule has 0 spiro atoms. The highest BCUT2D eigenvalue weighted by Gasteiger charge is 2.40. The van der Waals surface area contributed by atoms with Crippen molar-refractivity contribution >= 4 is 57.5 Å². The third-order valence-corrected chi connectivity index (χ3v) is 12.8. The van der Waals surface area contributed by atoms with Crippen molar-refractivity contribution in [1.29, 1.82) is 0 Å². The molecule has 8 rings (SSSR count). The van der Waals surface area contributed by atoms with Crippen LogP contribution in [0, 0.1) is 11.8 Å². The highest BCUT2D eigenvalue weighted by Crippen LogP contribution is 2.36. The number of methoxy groups -OCH3 is 2. The molecule has 19 heteroatoms. The minimum Gasteiger partial charge on any atom is -0.456 e. The fraction of sp³-hybridized carbons (Fsp3) is 0.489. The SMILES string of the molecule is COC(=O)NC(C(=O)NCCCCc1ncc(-c2cc3oc4ccc(-c5cnc(C6CCCN6C(=O)C(NC(=O)OC)C6CCOCC6)[nH]5)cc4c(=O)c3cc2Cl)[nH]1)C1CCOCC1. The zero-order valence-corrected chi connectivity index (χ0v) is 36.6. The molecule has 6 heterocycles. The summed E-state index contributed by atoms with van der Waals surface area (Å²) in [6.45, 7) is 3.09. The highest BCUT2D eigenvalue weighted by molar-refractivity contribution is 6.34. The average molecular weight is 901 g/mol. The number of rotatable bonds is 14. The normalized spacial score (nSPS) is 18.2. The van der Waals surface area contributed by atoms with Crippen molar-refractivity contribution in [3.05, 3.63) is 69.6 Å². The fourth-order valence-electron chi connectivity index (χ4n) is 9.01. The largest absolute Gasteiger partial charge is 0.456 e. The second kappa shape index (κ2) is 20.2. The molecule has 3 unspecified atom stereocenters. The van der Waals surface area contributed by atoms with E-state index in [-0.39, 0.29) is 35.1 Å². The molecule has 3 fully saturated rings. The van der Waals surface area contributed by atoms with E-state index in [1.807, 2.05) is 6.07 Å². The Morgan fingerprint density at radius 2 is 1.50 bits per heavy atom. The molecule has 18 nitrogen and oxygen atoms in total. The van der Waals surface area contributed by atoms with Crippen molar-refractivity contribution < 1.29 is 42.5 Å². The van der Waals surface area contributed by atoms with Crippen molar-refractivity contribution in [3.63, 3.8) is 0 Å². The summed E-state index contributed by atoms with van der Waals surface area (Å²) in [5.41, 5.74) is 3.20. The predicted molar refractivity (Wildman–Crippen MR) is 236 cm³/mol. The Hall–Kier alpha value is -5.98. The first-order valence-corrected chi connectivity index (χ1v) is 22.2. The maximum absolute atomic E-state index is 14.0. The number of likely N-dealkylation sites (tertiary alicyclic amines) is 1. The van der Waals surface area contributed by atoms with Crippen LogP contribution in [0.15, 0.2) is 51.9 Å². The lowest BCUT2D eigenvalue weighted by atomic mass is 9.90. The van der Waals surface area contributed by atoms with Crippen LogP contribution in [-0.4, -0.2) is 115 Å². The minimum absolute atomic E-state index is 0.0316. The van der Waals surface area contributed by atoms with E-state index < -0.39 is 24.3 Å². The summed E-state index contributed by atoms with van der Waals surface area (Å²) in [6.07, 6.45) is 8.27. The van der Waals surface area contributed by atoms with E-state index in [1.54, 1.807) is 41.6 Å². The first kappa shape index (κ1) is 44.6. The summed E-state index contributed by atoms with van der Waals surface area (Å²) in [6, 6.07) is 6.95. The maximum Gasteiger partial charge on any atom is 0.407 e. The molecule has 0 bridgehead atoms. The second-order valence-electron chi connectivity index (χ2n) is 16.5. The van der Waals surface area contributed by atoms with E-state index in [1.165, 1.54) is 14.2 Å². The topological polar surface area (TPSA) is 232 Å². The Morgan fingerprint density at radius 3 is 2.22 bits per heavy atom. The van der Waals surface area contributed by atoms with Crippen molar-refractivity contribution in [2.45, 2.75) is 75.9 Å². The number of alkyl carbamates (subject to hydrolysis) is 2. The number of halogens is 1. The van der Waals surface area contributed by atoms with Gasteiger partial charge in [-0.25, -0.2) is 19.6 Å². The van der Waals surface area contributed by atoms with Crippen LogP contribution in [0.4, 0.5) is 9.59 Å². The highest BCUT2D eigenvalue weighted by atomic mass is 35.5. The van der Waals surface area contributed by atoms with E-state index in [0.717, 1.165) is 18.7 Å². The Labute approximate surface area is 373 Å². The zero-order chi connectivity index (χ0) is 44.7. The number of nitrogens with zero attached hydrogens (tertiary/aromatic N) is 3. The first-order chi connectivity index (χ1) is 31.1. The standard InChI is InChI=1S/C45H53ClN8O10/c1-60-44(58)52-38(25-10-16-62-17-11-25)42(56)47-14-4-3-7-37-48-24-33(50-37)28-22-36-30(21-31(28)46)40(55)29-20-27(8-9-35(29)64-36)32-23-49-41(51-32)34-6-5-15-54(34)43(57)39(53-45(59)61-2)26-12-18-63-19-13-26/h8-9,20-26,34,38-39H,3-7,10-19H2,1-2H3,(H,47,56)(H,48,50)(H,49,51)(H,52,58)(H,53,59). The van der Waals surface area contributed by atoms with Gasteiger partial charge in [0.25, 0.3) is 0 Å². The number of carbonyl (C=O) groups is 4. The Kier molecular flexibility index (Phi) is 14.1. The quantitative estimate of drug-likeness (QED) is 0.0659. The number of aromatic amines is 2. The van der Waals surface area contributed by atoms with Gasteiger partial charge in [-0.1, -0.05) is 11.6 Å². The van der Waals surface area contributed by atoms with Gasteiger partial charge in [0, 0.05) is 57.1 Å². The van der Waals surface area contributed by atoms with Gasteiger partial charge in [0.1, 0.15) is 34.9 Å². The average Bonchev–Trinajstić information content (AvgIpc) is 4.12. The molecule has 0 radical (unpaired) electrons. The van der Waals surface area contributed by atoms with E-state index in [4.69, 9.17) is 35.0 Å². The number of amides is 4. The molecule has 4 amide bonds. The van der Waals surface area contributed by atoms with Crippen LogP contribution in [-0.2, 0) is 35.0 Å². The number of unbranched alkanes of at least 4 members (excludes halogenated alkanes) is 1. The van der Waals surface area contributed by atoms with Gasteiger partial charge in [-0.05, 0) is 93.5 Å². The van der Waals surface area contributed by atoms with Gasteiger partial charge in [0.2, 0.25) is 17.2 Å². The number of aryl methyl sites for hydroxylation is 1. The number of ether oxygens (including phenoxy) is 4. The van der Waals surface area contributed by atoms with E-state index >= 15 is 0 Å². The van der Waals surface area contributed by atoms with Gasteiger partial charge in [-0.15, -0.1) is 0 Å². The molecule has 2 aromatic carbocycles. The second-order valence-corrected chi connectivity index (χ2v) is 16.9. The lowest BCUT2D eigenvalue weighted by molar-refractivity contribution is -0.136. The first-order valence-electron chi connectivity index (χ1n) is 21.8. The Balaban J connectivity index is 0.918. The van der Waals surface area contributed by atoms with E-state index in [2.05, 4.69) is 35.9 Å². The molecule has 3 aliphatic heterocycles. The van der Waals surface area contributed by atoms with Crippen LogP contribution in [0.3, 0.4) is 0 Å². The molecule has 0 aliphatic carbocycles. The van der Waals surface area contributed by atoms with Crippen molar-refractivity contribution in [3.8, 4) is 22.5 Å². The Bertz CT molecular complexity index is 2550. The number of hydrogen-bond acceptors (Lipinski definition) is 12. The van der Waals surface area contributed by atoms with E-state index in [9.17, 15) is 24.0 Å². The van der Waals surface area contributed by atoms with Gasteiger partial charge in [0.15, 0.2) is 0 Å². The van der Waals surface area contributed by atoms with Crippen LogP contribution in [0.1, 0.15) is 69.1 Å². The number of aromatic nitrogens is 4. The van der Waals surface area contributed by atoms with Gasteiger partial charge in [-0.3, -0.25) is 14.4 Å². The van der Waals surface area contributed by atoms with Crippen LogP contribution in [0.5, 0.6) is 0 Å². The molecule has 5 aromatic rings. The van der Waals surface area contributed by atoms with Crippen LogP contribution < -0.4 is 21.4 Å². The molecule has 3 saturated heterocycles. The number of nitrogens with one attached hydrogen (secondary N) is 5. The number of imidazole rings is 2. The van der Waals surface area contributed by atoms with Gasteiger partial charge in [0.05, 0.1) is 59.8 Å². The molecule has 5 N–H and O–H groups in total. The van der Waals surface area contributed by atoms with Gasteiger partial charge >= 0.3 is 12.2 Å². The van der Waals surface area contributed by atoms with Gasteiger partial charge in [-0.2, -0.15) is 0 Å². The minimum atomic E-state index is -0.742. The fourth-order valence-corrected chi connectivity index (χ4v) is 9.27. The summed E-state index contributed by atoms with van der Waals surface area (Å²) >= 11 is 6.81. The summed E-state index contributed by atoms with van der Waals surface area (Å²) in [4.78, 5) is 83.0. The summed E-state index contributed by atoms with van der Waals surface area (Å²) in [7, 11) is 2.55. The molecule has 0 saturated carbocycles. The van der Waals surface area contributed by atoms with Crippen molar-refractivity contribution in [1.82, 2.24) is 40.8 Å². The lowest BCUT2D eigenvalue weighted by Crippen LogP contribution is -2.53. The molecule has 3 aromatic heterocycles. The number of benzene rings is 2. The number of H-pyrrole nitrogens is 2. The summed E-state index contributed by atoms with van der Waals surface area (Å²) in [5.74, 6) is 0.826. The molecule has 3 atom stereocenters. The third-order valence-electron chi connectivity index (χ3n) is 12.5. The van der Waals surface area contributed by atoms with Gasteiger partial charge < -0.3 is 54.2 Å². The summed E-state index contributed by atoms with van der Waals surface area (Å²) in [5, 5.41) is 9.45. The monoisotopic (exact) mass is 900 g/mol. The zero-order valence-electron chi connectivity index (χ0n) is 35.8. The molecular formula is C45H53ClN8O10. The van der Waals surface area contributed by atoms with Crippen molar-refractivity contribution in [2.75, 3.05) is 53.7 Å². The number of fused-ring (bicyclic) bond motifs is 2. The third kappa shape index (κ3) is 9.88. The predicted octanol–water partition coefficient (Wildman–Crippen LogP) is 5.78. The summed E-state index contributed by atoms with van der Waals surface area (Å²) < 4.78 is 26.8. The number of carbonyl (C=O) groups excluding carboxylic acids is 4. The molecule has 340 valence electrons.